The van der Waals surface area contributed by atoms with Crippen molar-refractivity contribution in [2.75, 3.05) is 39.3 Å². The van der Waals surface area contributed by atoms with E-state index in [0.29, 0.717) is 12.1 Å². The molecule has 2 unspecified atom stereocenters. The Balaban J connectivity index is 0.00000256. The van der Waals surface area contributed by atoms with Gasteiger partial charge in [-0.3, -0.25) is 0 Å². The van der Waals surface area contributed by atoms with E-state index in [1.807, 2.05) is 0 Å². The Labute approximate surface area is 217 Å². The van der Waals surface area contributed by atoms with Crippen molar-refractivity contribution in [3.63, 3.8) is 0 Å². The molecule has 2 aromatic rings. The molecule has 0 bridgehead atoms. The molecule has 4 heteroatoms. The first kappa shape index (κ1) is 28.8. The molecule has 1 heterocycles. The number of piperazine rings is 1. The standard InChI is InChI=1S/C28H40N2.2BrH/c1-5-17-29(25(3)23-27-13-9-7-10-14-27)19-21-30(18-6-2,22-20-29)26(4)24-28-15-11-8-12-16-28;;/h5-16,25-26H,1-2,17-24H2,3-4H3;2*1H/q+2;;/p-2. The minimum Gasteiger partial charge on any atom is -1.00 e. The van der Waals surface area contributed by atoms with Crippen LogP contribution in [-0.2, 0) is 12.8 Å². The van der Waals surface area contributed by atoms with Crippen molar-refractivity contribution in [1.29, 1.82) is 0 Å². The Morgan fingerprint density at radius 1 is 0.656 bits per heavy atom. The summed E-state index contributed by atoms with van der Waals surface area (Å²) in [5.74, 6) is 0. The molecule has 0 aromatic heterocycles. The van der Waals surface area contributed by atoms with Crippen LogP contribution in [0.2, 0.25) is 0 Å². The first-order chi connectivity index (χ1) is 14.5. The molecule has 0 radical (unpaired) electrons. The zero-order valence-corrected chi connectivity index (χ0v) is 23.0. The Hall–Kier alpha value is -1.20. The Morgan fingerprint density at radius 2 is 0.969 bits per heavy atom. The van der Waals surface area contributed by atoms with E-state index < -0.39 is 0 Å². The van der Waals surface area contributed by atoms with Gasteiger partial charge in [-0.25, -0.2) is 0 Å². The number of nitrogens with zero attached hydrogens (tertiary/aromatic N) is 2. The van der Waals surface area contributed by atoms with Crippen LogP contribution < -0.4 is 34.0 Å². The largest absolute Gasteiger partial charge is 1.00 e. The van der Waals surface area contributed by atoms with Crippen LogP contribution >= 0.6 is 0 Å². The summed E-state index contributed by atoms with van der Waals surface area (Å²) >= 11 is 0. The van der Waals surface area contributed by atoms with Gasteiger partial charge >= 0.3 is 0 Å². The number of benzene rings is 2. The predicted octanol–water partition coefficient (Wildman–Crippen LogP) is -0.724. The molecule has 1 aliphatic heterocycles. The summed E-state index contributed by atoms with van der Waals surface area (Å²) in [5.41, 5.74) is 2.89. The number of halogens is 2. The average Bonchev–Trinajstić information content (AvgIpc) is 2.77. The van der Waals surface area contributed by atoms with Crippen molar-refractivity contribution in [1.82, 2.24) is 0 Å². The molecule has 2 atom stereocenters. The van der Waals surface area contributed by atoms with Gasteiger partial charge in [-0.05, 0) is 37.1 Å². The molecule has 0 spiro atoms. The lowest BCUT2D eigenvalue weighted by Gasteiger charge is -2.54. The predicted molar refractivity (Wildman–Crippen MR) is 129 cm³/mol. The maximum absolute atomic E-state index is 4.12. The molecular weight excluding hydrogens is 524 g/mol. The van der Waals surface area contributed by atoms with Crippen LogP contribution in [0.4, 0.5) is 0 Å². The van der Waals surface area contributed by atoms with E-state index in [9.17, 15) is 0 Å². The molecule has 1 aliphatic rings. The summed E-state index contributed by atoms with van der Waals surface area (Å²) in [6.45, 7) is 20.1. The van der Waals surface area contributed by atoms with Gasteiger partial charge in [-0.1, -0.05) is 73.8 Å². The van der Waals surface area contributed by atoms with E-state index in [1.54, 1.807) is 0 Å². The minimum absolute atomic E-state index is 0. The van der Waals surface area contributed by atoms with Gasteiger partial charge in [0, 0.05) is 12.8 Å². The fraction of sp³-hybridized carbons (Fsp3) is 0.429. The summed E-state index contributed by atoms with van der Waals surface area (Å²) in [6.07, 6.45) is 6.55. The van der Waals surface area contributed by atoms with E-state index in [1.165, 1.54) is 37.3 Å². The van der Waals surface area contributed by atoms with Gasteiger partial charge in [0.05, 0.1) is 25.2 Å². The molecule has 1 fully saturated rings. The fourth-order valence-electron chi connectivity index (χ4n) is 5.44. The highest BCUT2D eigenvalue weighted by Gasteiger charge is 2.46. The molecule has 176 valence electrons. The zero-order chi connectivity index (χ0) is 21.5. The van der Waals surface area contributed by atoms with Crippen molar-refractivity contribution in [3.05, 3.63) is 97.1 Å². The van der Waals surface area contributed by atoms with Gasteiger partial charge in [0.1, 0.15) is 26.2 Å². The quantitative estimate of drug-likeness (QED) is 0.264. The molecule has 2 nitrogen and oxygen atoms in total. The first-order valence-electron chi connectivity index (χ1n) is 11.5. The maximum Gasteiger partial charge on any atom is 0.129 e. The molecule has 0 N–H and O–H groups in total. The van der Waals surface area contributed by atoms with E-state index in [0.717, 1.165) is 34.9 Å². The minimum atomic E-state index is 0. The second-order valence-electron chi connectivity index (χ2n) is 9.35. The van der Waals surface area contributed by atoms with Crippen LogP contribution in [0, 0.1) is 0 Å². The molecule has 1 saturated heterocycles. The Kier molecular flexibility index (Phi) is 12.2. The molecule has 32 heavy (non-hydrogen) atoms. The van der Waals surface area contributed by atoms with Gasteiger partial charge in [-0.15, -0.1) is 0 Å². The molecule has 2 aromatic carbocycles. The SMILES string of the molecule is C=CC[N+]1(C(C)Cc2ccccc2)CC[N+](CC=C)(C(C)Cc2ccccc2)CC1.[Br-].[Br-]. The highest BCUT2D eigenvalue weighted by atomic mass is 79.9. The molecule has 3 rings (SSSR count). The first-order valence-corrected chi connectivity index (χ1v) is 11.5. The summed E-state index contributed by atoms with van der Waals surface area (Å²) in [6, 6.07) is 23.1. The third-order valence-corrected chi connectivity index (χ3v) is 7.58. The number of hydrogen-bond acceptors (Lipinski definition) is 0. The van der Waals surface area contributed by atoms with Crippen LogP contribution in [0.5, 0.6) is 0 Å². The van der Waals surface area contributed by atoms with Crippen LogP contribution in [0.25, 0.3) is 0 Å². The van der Waals surface area contributed by atoms with Gasteiger partial charge in [0.15, 0.2) is 0 Å². The van der Waals surface area contributed by atoms with E-state index in [2.05, 4.69) is 99.8 Å². The van der Waals surface area contributed by atoms with Crippen LogP contribution in [0.3, 0.4) is 0 Å². The number of quaternary nitrogens is 2. The van der Waals surface area contributed by atoms with E-state index >= 15 is 0 Å². The topological polar surface area (TPSA) is 0 Å². The van der Waals surface area contributed by atoms with Gasteiger partial charge in [0.25, 0.3) is 0 Å². The molecule has 0 saturated carbocycles. The third-order valence-electron chi connectivity index (χ3n) is 7.58. The normalized spacial score (nSPS) is 24.3. The van der Waals surface area contributed by atoms with Gasteiger partial charge in [-0.2, -0.15) is 0 Å². The van der Waals surface area contributed by atoms with Crippen molar-refractivity contribution in [2.45, 2.75) is 38.8 Å². The highest BCUT2D eigenvalue weighted by molar-refractivity contribution is 5.16. The molecule has 0 amide bonds. The summed E-state index contributed by atoms with van der Waals surface area (Å²) in [7, 11) is 0. The van der Waals surface area contributed by atoms with Gasteiger partial charge in [0.2, 0.25) is 0 Å². The number of hydrogen-bond donors (Lipinski definition) is 0. The monoisotopic (exact) mass is 562 g/mol. The Morgan fingerprint density at radius 3 is 1.25 bits per heavy atom. The molecular formula is C28H40Br2N2. The lowest BCUT2D eigenvalue weighted by Crippen LogP contribution is -3.00. The summed E-state index contributed by atoms with van der Waals surface area (Å²) in [4.78, 5) is 0. The van der Waals surface area contributed by atoms with Crippen molar-refractivity contribution in [2.24, 2.45) is 0 Å². The second-order valence-corrected chi connectivity index (χ2v) is 9.35. The van der Waals surface area contributed by atoms with Gasteiger partial charge < -0.3 is 42.9 Å². The summed E-state index contributed by atoms with van der Waals surface area (Å²) < 4.78 is 2.32. The second kappa shape index (κ2) is 13.5. The summed E-state index contributed by atoms with van der Waals surface area (Å²) in [5, 5.41) is 0. The third kappa shape index (κ3) is 6.90. The van der Waals surface area contributed by atoms with Crippen molar-refractivity contribution in [3.8, 4) is 0 Å². The smallest absolute Gasteiger partial charge is 0.129 e. The van der Waals surface area contributed by atoms with E-state index in [4.69, 9.17) is 0 Å². The maximum atomic E-state index is 4.12. The van der Waals surface area contributed by atoms with Crippen molar-refractivity contribution < 1.29 is 42.9 Å². The van der Waals surface area contributed by atoms with Crippen LogP contribution in [-0.4, -0.2) is 60.3 Å². The molecule has 0 aliphatic carbocycles. The van der Waals surface area contributed by atoms with Crippen molar-refractivity contribution >= 4 is 0 Å². The highest BCUT2D eigenvalue weighted by Crippen LogP contribution is 2.28. The van der Waals surface area contributed by atoms with Crippen LogP contribution in [0.1, 0.15) is 25.0 Å². The van der Waals surface area contributed by atoms with Crippen LogP contribution in [0.15, 0.2) is 86.0 Å². The van der Waals surface area contributed by atoms with E-state index in [-0.39, 0.29) is 34.0 Å². The average molecular weight is 564 g/mol. The fourth-order valence-corrected chi connectivity index (χ4v) is 5.44. The zero-order valence-electron chi connectivity index (χ0n) is 19.8. The number of rotatable bonds is 10. The lowest BCUT2D eigenvalue weighted by atomic mass is 9.98. The Bertz CT molecular complexity index is 729. The lowest BCUT2D eigenvalue weighted by molar-refractivity contribution is -1.05.